The van der Waals surface area contributed by atoms with Crippen LogP contribution in [0.4, 0.5) is 5.69 Å². The van der Waals surface area contributed by atoms with Crippen LogP contribution in [0, 0.1) is 0 Å². The van der Waals surface area contributed by atoms with Gasteiger partial charge in [0.25, 0.3) is 5.91 Å². The molecular weight excluding hydrogens is 339 g/mol. The lowest BCUT2D eigenvalue weighted by Crippen LogP contribution is -2.32. The van der Waals surface area contributed by atoms with Crippen molar-refractivity contribution in [3.8, 4) is 5.75 Å². The normalized spacial score (nSPS) is 10.5. The number of nitrogens with zero attached hydrogens (tertiary/aromatic N) is 1. The van der Waals surface area contributed by atoms with Crippen LogP contribution in [0.25, 0.3) is 0 Å². The molecule has 0 saturated heterocycles. The van der Waals surface area contributed by atoms with Crippen molar-refractivity contribution >= 4 is 34.8 Å². The maximum atomic E-state index is 12.1. The van der Waals surface area contributed by atoms with Crippen LogP contribution < -0.4 is 16.4 Å². The molecule has 0 fully saturated rings. The Hall–Kier alpha value is -2.02. The highest BCUT2D eigenvalue weighted by Crippen LogP contribution is 2.37. The number of aromatic nitrogens is 1. The number of phenolic OH excluding ortho intramolecular Hbond substituents is 1. The first kappa shape index (κ1) is 17.3. The number of nitrogens with two attached hydrogens (primary N) is 1. The molecule has 122 valence electrons. The van der Waals surface area contributed by atoms with Gasteiger partial charge in [-0.1, -0.05) is 23.2 Å². The van der Waals surface area contributed by atoms with Gasteiger partial charge < -0.3 is 21.5 Å². The van der Waals surface area contributed by atoms with Crippen LogP contribution in [0.2, 0.25) is 10.0 Å². The molecule has 1 heterocycles. The predicted molar refractivity (Wildman–Crippen MR) is 90.8 cm³/mol. The summed E-state index contributed by atoms with van der Waals surface area (Å²) in [4.78, 5) is 16.1. The van der Waals surface area contributed by atoms with Gasteiger partial charge in [-0.15, -0.1) is 0 Å². The molecule has 2 rings (SSSR count). The molecule has 0 atom stereocenters. The third-order valence-electron chi connectivity index (χ3n) is 3.14. The Kier molecular flexibility index (Phi) is 6.04. The lowest BCUT2D eigenvalue weighted by atomic mass is 10.1. The predicted octanol–water partition coefficient (Wildman–Crippen LogP) is 2.20. The standard InChI is InChI=1S/C15H16Cl2N4O2/c16-10-7-11(17)14(22)13(18)12(10)15(23)21-6-5-20-8-9-1-3-19-4-2-9/h1-4,7,20,22H,5-6,8,18H2,(H,21,23). The first-order valence-electron chi connectivity index (χ1n) is 6.85. The summed E-state index contributed by atoms with van der Waals surface area (Å²) in [5.41, 5.74) is 6.67. The highest BCUT2D eigenvalue weighted by molar-refractivity contribution is 6.38. The average Bonchev–Trinajstić information content (AvgIpc) is 2.53. The van der Waals surface area contributed by atoms with Crippen LogP contribution in [-0.4, -0.2) is 29.1 Å². The van der Waals surface area contributed by atoms with E-state index in [9.17, 15) is 9.90 Å². The van der Waals surface area contributed by atoms with Crippen molar-refractivity contribution in [1.82, 2.24) is 15.6 Å². The molecule has 0 saturated carbocycles. The minimum atomic E-state index is -0.467. The number of amides is 1. The second kappa shape index (κ2) is 8.01. The van der Waals surface area contributed by atoms with E-state index in [-0.39, 0.29) is 27.0 Å². The molecule has 0 bridgehead atoms. The van der Waals surface area contributed by atoms with E-state index in [4.69, 9.17) is 28.9 Å². The zero-order valence-corrected chi connectivity index (χ0v) is 13.7. The molecule has 1 aromatic heterocycles. The van der Waals surface area contributed by atoms with Gasteiger partial charge in [0.05, 0.1) is 21.3 Å². The maximum Gasteiger partial charge on any atom is 0.255 e. The maximum absolute atomic E-state index is 12.1. The lowest BCUT2D eigenvalue weighted by Gasteiger charge is -2.12. The average molecular weight is 355 g/mol. The molecule has 1 aromatic carbocycles. The number of rotatable bonds is 6. The molecule has 23 heavy (non-hydrogen) atoms. The largest absolute Gasteiger partial charge is 0.504 e. The number of carbonyl (C=O) groups excluding carboxylic acids is 1. The number of carbonyl (C=O) groups is 1. The SMILES string of the molecule is Nc1c(O)c(Cl)cc(Cl)c1C(=O)NCCNCc1ccncc1. The van der Waals surface area contributed by atoms with Crippen molar-refractivity contribution in [3.63, 3.8) is 0 Å². The van der Waals surface area contributed by atoms with Gasteiger partial charge in [0.2, 0.25) is 0 Å². The van der Waals surface area contributed by atoms with Crippen LogP contribution in [0.3, 0.4) is 0 Å². The van der Waals surface area contributed by atoms with E-state index in [1.807, 2.05) is 12.1 Å². The van der Waals surface area contributed by atoms with Gasteiger partial charge in [0, 0.05) is 32.0 Å². The third-order valence-corrected chi connectivity index (χ3v) is 3.72. The summed E-state index contributed by atoms with van der Waals surface area (Å²) in [6.45, 7) is 1.61. The number of benzene rings is 1. The Labute approximate surface area is 143 Å². The van der Waals surface area contributed by atoms with E-state index in [1.54, 1.807) is 12.4 Å². The van der Waals surface area contributed by atoms with Crippen molar-refractivity contribution in [1.29, 1.82) is 0 Å². The zero-order chi connectivity index (χ0) is 16.8. The summed E-state index contributed by atoms with van der Waals surface area (Å²) in [5, 5.41) is 15.6. The molecule has 5 N–H and O–H groups in total. The number of hydrogen-bond donors (Lipinski definition) is 4. The second-order valence-electron chi connectivity index (χ2n) is 4.77. The van der Waals surface area contributed by atoms with Gasteiger partial charge in [-0.2, -0.15) is 0 Å². The number of aromatic hydroxyl groups is 1. The van der Waals surface area contributed by atoms with E-state index in [0.29, 0.717) is 19.6 Å². The Morgan fingerprint density at radius 3 is 2.61 bits per heavy atom. The fourth-order valence-corrected chi connectivity index (χ4v) is 2.51. The zero-order valence-electron chi connectivity index (χ0n) is 12.1. The monoisotopic (exact) mass is 354 g/mol. The Morgan fingerprint density at radius 2 is 1.91 bits per heavy atom. The molecule has 2 aromatic rings. The van der Waals surface area contributed by atoms with Crippen molar-refractivity contribution in [2.75, 3.05) is 18.8 Å². The van der Waals surface area contributed by atoms with Crippen LogP contribution in [0.5, 0.6) is 5.75 Å². The van der Waals surface area contributed by atoms with Crippen molar-refractivity contribution < 1.29 is 9.90 Å². The number of phenols is 1. The molecule has 0 aliphatic rings. The number of anilines is 1. The van der Waals surface area contributed by atoms with Crippen LogP contribution >= 0.6 is 23.2 Å². The molecule has 0 spiro atoms. The molecule has 0 aliphatic heterocycles. The van der Waals surface area contributed by atoms with E-state index in [1.165, 1.54) is 6.07 Å². The topological polar surface area (TPSA) is 100 Å². The van der Waals surface area contributed by atoms with Gasteiger partial charge in [0.15, 0.2) is 5.75 Å². The van der Waals surface area contributed by atoms with Gasteiger partial charge in [-0.3, -0.25) is 9.78 Å². The summed E-state index contributed by atoms with van der Waals surface area (Å²) >= 11 is 11.7. The highest BCUT2D eigenvalue weighted by atomic mass is 35.5. The summed E-state index contributed by atoms with van der Waals surface area (Å²) in [6, 6.07) is 5.09. The summed E-state index contributed by atoms with van der Waals surface area (Å²) < 4.78 is 0. The smallest absolute Gasteiger partial charge is 0.255 e. The third kappa shape index (κ3) is 4.48. The Bertz CT molecular complexity index is 696. The molecule has 1 amide bonds. The molecule has 6 nitrogen and oxygen atoms in total. The van der Waals surface area contributed by atoms with Crippen molar-refractivity contribution in [2.45, 2.75) is 6.54 Å². The number of hydrogen-bond acceptors (Lipinski definition) is 5. The van der Waals surface area contributed by atoms with Gasteiger partial charge >= 0.3 is 0 Å². The molecule has 8 heteroatoms. The first-order valence-corrected chi connectivity index (χ1v) is 7.60. The van der Waals surface area contributed by atoms with Crippen molar-refractivity contribution in [2.24, 2.45) is 0 Å². The fourth-order valence-electron chi connectivity index (χ4n) is 1.94. The molecule has 0 unspecified atom stereocenters. The van der Waals surface area contributed by atoms with E-state index >= 15 is 0 Å². The minimum Gasteiger partial charge on any atom is -0.504 e. The fraction of sp³-hybridized carbons (Fsp3) is 0.200. The highest BCUT2D eigenvalue weighted by Gasteiger charge is 2.19. The minimum absolute atomic E-state index is 0.00284. The quantitative estimate of drug-likeness (QED) is 0.362. The van der Waals surface area contributed by atoms with Crippen LogP contribution in [0.15, 0.2) is 30.6 Å². The van der Waals surface area contributed by atoms with Gasteiger partial charge in [-0.05, 0) is 23.8 Å². The van der Waals surface area contributed by atoms with E-state index in [0.717, 1.165) is 5.56 Å². The van der Waals surface area contributed by atoms with E-state index in [2.05, 4.69) is 15.6 Å². The first-order chi connectivity index (χ1) is 11.0. The number of halogens is 2. The van der Waals surface area contributed by atoms with Gasteiger partial charge in [0.1, 0.15) is 0 Å². The van der Waals surface area contributed by atoms with Crippen molar-refractivity contribution in [3.05, 3.63) is 51.8 Å². The molecular formula is C15H16Cl2N4O2. The Morgan fingerprint density at radius 1 is 1.22 bits per heavy atom. The molecule has 0 radical (unpaired) electrons. The Balaban J connectivity index is 1.85. The number of nitrogen functional groups attached to an aromatic ring is 1. The summed E-state index contributed by atoms with van der Waals surface area (Å²) in [7, 11) is 0. The summed E-state index contributed by atoms with van der Waals surface area (Å²) in [6.07, 6.45) is 3.44. The summed E-state index contributed by atoms with van der Waals surface area (Å²) in [5.74, 6) is -0.817. The van der Waals surface area contributed by atoms with Crippen LogP contribution in [0.1, 0.15) is 15.9 Å². The van der Waals surface area contributed by atoms with E-state index < -0.39 is 5.91 Å². The van der Waals surface area contributed by atoms with Gasteiger partial charge in [-0.25, -0.2) is 0 Å². The second-order valence-corrected chi connectivity index (χ2v) is 5.58. The van der Waals surface area contributed by atoms with Crippen LogP contribution in [-0.2, 0) is 6.54 Å². The lowest BCUT2D eigenvalue weighted by molar-refractivity contribution is 0.0954. The number of pyridine rings is 1. The number of nitrogens with one attached hydrogen (secondary N) is 2. The molecule has 0 aliphatic carbocycles.